The predicted octanol–water partition coefficient (Wildman–Crippen LogP) is 2.92. The van der Waals surface area contributed by atoms with Crippen molar-refractivity contribution >= 4 is 15.9 Å². The molecule has 0 amide bonds. The Bertz CT molecular complexity index is 406. The summed E-state index contributed by atoms with van der Waals surface area (Å²) in [5.74, 6) is -0.0416. The number of hydrogen-bond donors (Lipinski definition) is 1. The molecule has 94 valence electrons. The van der Waals surface area contributed by atoms with E-state index in [1.165, 1.54) is 6.07 Å². The number of ether oxygens (including phenoxy) is 1. The van der Waals surface area contributed by atoms with E-state index in [9.17, 15) is 9.50 Å². The lowest BCUT2D eigenvalue weighted by atomic mass is 9.90. The third-order valence-corrected chi connectivity index (χ3v) is 3.74. The van der Waals surface area contributed by atoms with Crippen LogP contribution in [0.15, 0.2) is 22.7 Å². The highest BCUT2D eigenvalue weighted by Crippen LogP contribution is 2.42. The maximum absolute atomic E-state index is 13.7. The van der Waals surface area contributed by atoms with E-state index in [2.05, 4.69) is 15.9 Å². The van der Waals surface area contributed by atoms with E-state index in [1.807, 2.05) is 0 Å². The first-order valence-electron chi connectivity index (χ1n) is 5.70. The SMILES string of the molecule is COCC(O)(Cc1ccc(Br)cc1F)C1CC1. The molecule has 1 fully saturated rings. The van der Waals surface area contributed by atoms with Gasteiger partial charge in [-0.1, -0.05) is 22.0 Å². The molecule has 1 saturated carbocycles. The monoisotopic (exact) mass is 302 g/mol. The fourth-order valence-electron chi connectivity index (χ4n) is 2.18. The fraction of sp³-hybridized carbons (Fsp3) is 0.538. The minimum atomic E-state index is -0.927. The summed E-state index contributed by atoms with van der Waals surface area (Å²) in [6.45, 7) is 0.257. The smallest absolute Gasteiger partial charge is 0.127 e. The van der Waals surface area contributed by atoms with Crippen molar-refractivity contribution in [3.8, 4) is 0 Å². The van der Waals surface area contributed by atoms with Gasteiger partial charge in [0.05, 0.1) is 12.2 Å². The van der Waals surface area contributed by atoms with Crippen LogP contribution >= 0.6 is 15.9 Å². The van der Waals surface area contributed by atoms with Gasteiger partial charge in [-0.3, -0.25) is 0 Å². The zero-order valence-corrected chi connectivity index (χ0v) is 11.3. The molecule has 0 aliphatic heterocycles. The fourth-order valence-corrected chi connectivity index (χ4v) is 2.51. The highest BCUT2D eigenvalue weighted by molar-refractivity contribution is 9.10. The molecule has 1 aromatic carbocycles. The average molecular weight is 303 g/mol. The number of benzene rings is 1. The van der Waals surface area contributed by atoms with Crippen molar-refractivity contribution in [1.82, 2.24) is 0 Å². The van der Waals surface area contributed by atoms with Gasteiger partial charge in [-0.15, -0.1) is 0 Å². The van der Waals surface area contributed by atoms with Gasteiger partial charge in [-0.05, 0) is 36.5 Å². The lowest BCUT2D eigenvalue weighted by Gasteiger charge is -2.27. The number of hydrogen-bond acceptors (Lipinski definition) is 2. The van der Waals surface area contributed by atoms with E-state index in [0.717, 1.165) is 12.8 Å². The molecule has 2 rings (SSSR count). The minimum Gasteiger partial charge on any atom is -0.387 e. The summed E-state index contributed by atoms with van der Waals surface area (Å²) < 4.78 is 19.5. The molecule has 0 spiro atoms. The Balaban J connectivity index is 2.17. The van der Waals surface area contributed by atoms with Gasteiger partial charge >= 0.3 is 0 Å². The molecular weight excluding hydrogens is 287 g/mol. The topological polar surface area (TPSA) is 29.5 Å². The molecule has 0 aromatic heterocycles. The van der Waals surface area contributed by atoms with Gasteiger partial charge in [0.15, 0.2) is 0 Å². The summed E-state index contributed by atoms with van der Waals surface area (Å²) in [5.41, 5.74) is -0.386. The van der Waals surface area contributed by atoms with E-state index in [1.54, 1.807) is 19.2 Å². The quantitative estimate of drug-likeness (QED) is 0.906. The molecule has 0 saturated heterocycles. The Morgan fingerprint density at radius 1 is 1.53 bits per heavy atom. The molecular formula is C13H16BrFO2. The maximum atomic E-state index is 13.7. The molecule has 1 N–H and O–H groups in total. The Hall–Kier alpha value is -0.450. The van der Waals surface area contributed by atoms with Crippen LogP contribution in [0.1, 0.15) is 18.4 Å². The molecule has 1 aliphatic rings. The van der Waals surface area contributed by atoms with Crippen LogP contribution in [0.3, 0.4) is 0 Å². The molecule has 1 aromatic rings. The summed E-state index contributed by atoms with van der Waals surface area (Å²) >= 11 is 3.22. The molecule has 1 atom stereocenters. The van der Waals surface area contributed by atoms with Gasteiger partial charge < -0.3 is 9.84 Å². The van der Waals surface area contributed by atoms with Gasteiger partial charge in [-0.25, -0.2) is 4.39 Å². The van der Waals surface area contributed by atoms with E-state index in [-0.39, 0.29) is 18.3 Å². The van der Waals surface area contributed by atoms with E-state index >= 15 is 0 Å². The second-order valence-corrected chi connectivity index (χ2v) is 5.64. The Morgan fingerprint density at radius 2 is 2.24 bits per heavy atom. The van der Waals surface area contributed by atoms with Crippen molar-refractivity contribution in [2.75, 3.05) is 13.7 Å². The van der Waals surface area contributed by atoms with Crippen molar-refractivity contribution in [2.24, 2.45) is 5.92 Å². The minimum absolute atomic E-state index is 0.241. The van der Waals surface area contributed by atoms with Crippen LogP contribution in [0, 0.1) is 11.7 Å². The first-order valence-corrected chi connectivity index (χ1v) is 6.50. The van der Waals surface area contributed by atoms with Crippen LogP contribution in [-0.2, 0) is 11.2 Å². The first-order chi connectivity index (χ1) is 8.05. The van der Waals surface area contributed by atoms with Crippen LogP contribution in [0.4, 0.5) is 4.39 Å². The van der Waals surface area contributed by atoms with E-state index in [0.29, 0.717) is 16.5 Å². The van der Waals surface area contributed by atoms with E-state index in [4.69, 9.17) is 4.74 Å². The third-order valence-electron chi connectivity index (χ3n) is 3.24. The summed E-state index contributed by atoms with van der Waals surface area (Å²) in [6.07, 6.45) is 2.31. The number of halogens is 2. The Labute approximate surface area is 109 Å². The molecule has 4 heteroatoms. The van der Waals surface area contributed by atoms with Crippen molar-refractivity contribution < 1.29 is 14.2 Å². The Kier molecular flexibility index (Phi) is 3.85. The highest BCUT2D eigenvalue weighted by atomic mass is 79.9. The summed E-state index contributed by atoms with van der Waals surface area (Å²) in [5, 5.41) is 10.5. The molecule has 1 unspecified atom stereocenters. The second kappa shape index (κ2) is 5.04. The zero-order chi connectivity index (χ0) is 12.5. The summed E-state index contributed by atoms with van der Waals surface area (Å²) in [6, 6.07) is 4.93. The molecule has 0 radical (unpaired) electrons. The predicted molar refractivity (Wildman–Crippen MR) is 67.4 cm³/mol. The van der Waals surface area contributed by atoms with Gasteiger partial charge in [0.25, 0.3) is 0 Å². The lowest BCUT2D eigenvalue weighted by Crippen LogP contribution is -2.39. The molecule has 0 bridgehead atoms. The van der Waals surface area contributed by atoms with Crippen LogP contribution in [-0.4, -0.2) is 24.4 Å². The second-order valence-electron chi connectivity index (χ2n) is 4.72. The van der Waals surface area contributed by atoms with Crippen LogP contribution in [0.2, 0.25) is 0 Å². The van der Waals surface area contributed by atoms with Gasteiger partial charge in [0, 0.05) is 18.0 Å². The van der Waals surface area contributed by atoms with Gasteiger partial charge in [0.1, 0.15) is 5.82 Å². The molecule has 1 aliphatic carbocycles. The van der Waals surface area contributed by atoms with Crippen molar-refractivity contribution in [1.29, 1.82) is 0 Å². The average Bonchev–Trinajstić information content (AvgIpc) is 3.06. The van der Waals surface area contributed by atoms with Gasteiger partial charge in [-0.2, -0.15) is 0 Å². The molecule has 17 heavy (non-hydrogen) atoms. The largest absolute Gasteiger partial charge is 0.387 e. The third kappa shape index (κ3) is 3.06. The maximum Gasteiger partial charge on any atom is 0.127 e. The molecule has 2 nitrogen and oxygen atoms in total. The van der Waals surface area contributed by atoms with Crippen LogP contribution in [0.5, 0.6) is 0 Å². The molecule has 0 heterocycles. The van der Waals surface area contributed by atoms with Crippen molar-refractivity contribution in [2.45, 2.75) is 24.9 Å². The van der Waals surface area contributed by atoms with Crippen molar-refractivity contribution in [3.05, 3.63) is 34.1 Å². The number of aliphatic hydroxyl groups is 1. The first kappa shape index (κ1) is 13.0. The zero-order valence-electron chi connectivity index (χ0n) is 9.75. The van der Waals surface area contributed by atoms with Crippen LogP contribution in [0.25, 0.3) is 0 Å². The standard InChI is InChI=1S/C13H16BrFO2/c1-17-8-13(16,10-3-4-10)7-9-2-5-11(14)6-12(9)15/h2,5-6,10,16H,3-4,7-8H2,1H3. The Morgan fingerprint density at radius 3 is 2.76 bits per heavy atom. The van der Waals surface area contributed by atoms with Gasteiger partial charge in [0.2, 0.25) is 0 Å². The number of rotatable bonds is 5. The van der Waals surface area contributed by atoms with E-state index < -0.39 is 5.60 Å². The summed E-state index contributed by atoms with van der Waals surface area (Å²) in [4.78, 5) is 0. The highest BCUT2D eigenvalue weighted by Gasteiger charge is 2.44. The van der Waals surface area contributed by atoms with Crippen molar-refractivity contribution in [3.63, 3.8) is 0 Å². The summed E-state index contributed by atoms with van der Waals surface area (Å²) in [7, 11) is 1.56. The lowest BCUT2D eigenvalue weighted by molar-refractivity contribution is -0.0479. The normalized spacial score (nSPS) is 19.1. The number of methoxy groups -OCH3 is 1. The van der Waals surface area contributed by atoms with Crippen LogP contribution < -0.4 is 0 Å².